The van der Waals surface area contributed by atoms with E-state index in [0.717, 1.165) is 12.1 Å². The SMILES string of the molecule is CC(C)CC1(C)N=C(N)N(CC2CCN(C(=O)Nc3cccc(C(F)(F)F)c3)CC2)C1=O. The molecule has 3 rings (SSSR count). The van der Waals surface area contributed by atoms with E-state index in [4.69, 9.17) is 5.73 Å². The predicted molar refractivity (Wildman–Crippen MR) is 116 cm³/mol. The van der Waals surface area contributed by atoms with Crippen LogP contribution in [0.2, 0.25) is 0 Å². The third kappa shape index (κ3) is 5.34. The second-order valence-corrected chi connectivity index (χ2v) is 9.20. The monoisotopic (exact) mass is 453 g/mol. The fourth-order valence-electron chi connectivity index (χ4n) is 4.41. The minimum absolute atomic E-state index is 0.0894. The first-order valence-corrected chi connectivity index (χ1v) is 10.8. The third-order valence-corrected chi connectivity index (χ3v) is 5.93. The molecule has 0 saturated carbocycles. The average Bonchev–Trinajstić information content (AvgIpc) is 2.90. The van der Waals surface area contributed by atoms with E-state index >= 15 is 0 Å². The van der Waals surface area contributed by atoms with Crippen LogP contribution in [0.15, 0.2) is 29.3 Å². The van der Waals surface area contributed by atoms with Crippen LogP contribution >= 0.6 is 0 Å². The number of urea groups is 1. The molecule has 3 N–H and O–H groups in total. The Balaban J connectivity index is 1.53. The lowest BCUT2D eigenvalue weighted by molar-refractivity contribution is -0.137. The highest BCUT2D eigenvalue weighted by atomic mass is 19.4. The molecule has 0 radical (unpaired) electrons. The zero-order valence-corrected chi connectivity index (χ0v) is 18.6. The fourth-order valence-corrected chi connectivity index (χ4v) is 4.41. The van der Waals surface area contributed by atoms with E-state index < -0.39 is 23.3 Å². The Hall–Kier alpha value is -2.78. The zero-order chi connectivity index (χ0) is 23.7. The van der Waals surface area contributed by atoms with Gasteiger partial charge in [0.25, 0.3) is 5.91 Å². The van der Waals surface area contributed by atoms with Crippen LogP contribution in [0.25, 0.3) is 0 Å². The number of aliphatic imine (C=N–C) groups is 1. The maximum absolute atomic E-state index is 12.9. The number of rotatable bonds is 5. The lowest BCUT2D eigenvalue weighted by Crippen LogP contribution is -2.48. The standard InChI is InChI=1S/C22H30F3N5O2/c1-14(2)12-21(3)18(31)30(19(26)28-21)13-15-7-9-29(10-8-15)20(32)27-17-6-4-5-16(11-17)22(23,24)25/h4-6,11,14-15H,7-10,12-13H2,1-3H3,(H2,26,28)(H,27,32). The Morgan fingerprint density at radius 1 is 1.31 bits per heavy atom. The van der Waals surface area contributed by atoms with Crippen molar-refractivity contribution in [3.8, 4) is 0 Å². The van der Waals surface area contributed by atoms with E-state index in [1.54, 1.807) is 9.80 Å². The number of guanidine groups is 1. The Kier molecular flexibility index (Phi) is 6.71. The number of piperidine rings is 1. The van der Waals surface area contributed by atoms with Crippen LogP contribution in [-0.2, 0) is 11.0 Å². The predicted octanol–water partition coefficient (Wildman–Crippen LogP) is 3.91. The van der Waals surface area contributed by atoms with E-state index in [0.29, 0.717) is 44.8 Å². The maximum atomic E-state index is 12.9. The van der Waals surface area contributed by atoms with Gasteiger partial charge in [-0.25, -0.2) is 9.79 Å². The summed E-state index contributed by atoms with van der Waals surface area (Å²) in [5.74, 6) is 0.613. The quantitative estimate of drug-likeness (QED) is 0.708. The first-order chi connectivity index (χ1) is 14.9. The van der Waals surface area contributed by atoms with Crippen LogP contribution in [-0.4, -0.2) is 52.9 Å². The number of nitrogens with two attached hydrogens (primary N) is 1. The number of carbonyl (C=O) groups excluding carboxylic acids is 2. The highest BCUT2D eigenvalue weighted by Crippen LogP contribution is 2.32. The summed E-state index contributed by atoms with van der Waals surface area (Å²) in [7, 11) is 0. The van der Waals surface area contributed by atoms with Crippen LogP contribution in [0, 0.1) is 11.8 Å². The van der Waals surface area contributed by atoms with Crippen molar-refractivity contribution in [2.45, 2.75) is 51.7 Å². The van der Waals surface area contributed by atoms with Gasteiger partial charge in [0.15, 0.2) is 5.96 Å². The van der Waals surface area contributed by atoms with Crippen molar-refractivity contribution in [3.05, 3.63) is 29.8 Å². The highest BCUT2D eigenvalue weighted by molar-refractivity contribution is 6.06. The molecule has 1 aromatic carbocycles. The van der Waals surface area contributed by atoms with Gasteiger partial charge in [-0.1, -0.05) is 19.9 Å². The van der Waals surface area contributed by atoms with Crippen molar-refractivity contribution < 1.29 is 22.8 Å². The molecule has 7 nitrogen and oxygen atoms in total. The Bertz CT molecular complexity index is 894. The molecule has 3 amide bonds. The third-order valence-electron chi connectivity index (χ3n) is 5.93. The summed E-state index contributed by atoms with van der Waals surface area (Å²) in [6.45, 7) is 7.21. The number of hydrogen-bond acceptors (Lipinski definition) is 4. The van der Waals surface area contributed by atoms with Crippen molar-refractivity contribution >= 4 is 23.6 Å². The van der Waals surface area contributed by atoms with Crippen LogP contribution in [0.3, 0.4) is 0 Å². The number of amides is 3. The number of nitrogens with one attached hydrogen (secondary N) is 1. The van der Waals surface area contributed by atoms with Crippen molar-refractivity contribution in [1.82, 2.24) is 9.80 Å². The number of hydrogen-bond donors (Lipinski definition) is 2. The molecule has 1 unspecified atom stereocenters. The highest BCUT2D eigenvalue weighted by Gasteiger charge is 2.44. The Labute approximate surface area is 185 Å². The molecule has 10 heteroatoms. The average molecular weight is 454 g/mol. The van der Waals surface area contributed by atoms with Gasteiger partial charge in [0.1, 0.15) is 5.54 Å². The number of alkyl halides is 3. The van der Waals surface area contributed by atoms with Crippen LogP contribution in [0.4, 0.5) is 23.7 Å². The van der Waals surface area contributed by atoms with Gasteiger partial charge in [-0.05, 0) is 56.2 Å². The molecule has 1 fully saturated rings. The summed E-state index contributed by atoms with van der Waals surface area (Å²) in [5, 5.41) is 2.54. The molecule has 0 spiro atoms. The topological polar surface area (TPSA) is 91.0 Å². The van der Waals surface area contributed by atoms with Gasteiger partial charge in [0.05, 0.1) is 5.56 Å². The number of benzene rings is 1. The summed E-state index contributed by atoms with van der Waals surface area (Å²) in [6.07, 6.45) is -2.53. The van der Waals surface area contributed by atoms with Gasteiger partial charge in [-0.3, -0.25) is 9.69 Å². The largest absolute Gasteiger partial charge is 0.416 e. The molecule has 1 aromatic rings. The van der Waals surface area contributed by atoms with Gasteiger partial charge in [-0.2, -0.15) is 13.2 Å². The summed E-state index contributed by atoms with van der Waals surface area (Å²) in [4.78, 5) is 32.9. The van der Waals surface area contributed by atoms with Crippen molar-refractivity contribution in [3.63, 3.8) is 0 Å². The maximum Gasteiger partial charge on any atom is 0.416 e. The molecule has 1 atom stereocenters. The molecule has 0 aliphatic carbocycles. The number of likely N-dealkylation sites (tertiary alicyclic amines) is 1. The van der Waals surface area contributed by atoms with Crippen molar-refractivity contribution in [2.75, 3.05) is 25.0 Å². The van der Waals surface area contributed by atoms with Gasteiger partial charge < -0.3 is 16.0 Å². The van der Waals surface area contributed by atoms with Gasteiger partial charge >= 0.3 is 12.2 Å². The summed E-state index contributed by atoms with van der Waals surface area (Å²) in [5.41, 5.74) is 4.50. The summed E-state index contributed by atoms with van der Waals surface area (Å²) in [6, 6.07) is 4.12. The second-order valence-electron chi connectivity index (χ2n) is 9.20. The summed E-state index contributed by atoms with van der Waals surface area (Å²) < 4.78 is 38.6. The molecule has 32 heavy (non-hydrogen) atoms. The molecule has 2 aliphatic rings. The Morgan fingerprint density at radius 3 is 2.56 bits per heavy atom. The van der Waals surface area contributed by atoms with Crippen molar-refractivity contribution in [2.24, 2.45) is 22.6 Å². The van der Waals surface area contributed by atoms with E-state index in [9.17, 15) is 22.8 Å². The first kappa shape index (κ1) is 23.9. The number of halogens is 3. The fraction of sp³-hybridized carbons (Fsp3) is 0.591. The van der Waals surface area contributed by atoms with Gasteiger partial charge in [-0.15, -0.1) is 0 Å². The van der Waals surface area contributed by atoms with Crippen LogP contribution in [0.5, 0.6) is 0 Å². The second kappa shape index (κ2) is 8.99. The van der Waals surface area contributed by atoms with E-state index in [1.807, 2.05) is 20.8 Å². The molecule has 0 aromatic heterocycles. The minimum Gasteiger partial charge on any atom is -0.369 e. The van der Waals surface area contributed by atoms with E-state index in [1.165, 1.54) is 12.1 Å². The lowest BCUT2D eigenvalue weighted by Gasteiger charge is -2.34. The normalized spacial score (nSPS) is 22.5. The van der Waals surface area contributed by atoms with Crippen molar-refractivity contribution in [1.29, 1.82) is 0 Å². The molecule has 1 saturated heterocycles. The zero-order valence-electron chi connectivity index (χ0n) is 18.6. The smallest absolute Gasteiger partial charge is 0.369 e. The molecule has 176 valence electrons. The molecular formula is C22H30F3N5O2. The minimum atomic E-state index is -4.47. The van der Waals surface area contributed by atoms with Crippen LogP contribution in [0.1, 0.15) is 45.6 Å². The van der Waals surface area contributed by atoms with E-state index in [2.05, 4.69) is 10.3 Å². The van der Waals surface area contributed by atoms with E-state index in [-0.39, 0.29) is 23.5 Å². The van der Waals surface area contributed by atoms with Gasteiger partial charge in [0.2, 0.25) is 0 Å². The lowest BCUT2D eigenvalue weighted by atomic mass is 9.90. The summed E-state index contributed by atoms with van der Waals surface area (Å²) >= 11 is 0. The molecule has 2 aliphatic heterocycles. The van der Waals surface area contributed by atoms with Gasteiger partial charge in [0, 0.05) is 25.3 Å². The Morgan fingerprint density at radius 2 is 1.97 bits per heavy atom. The first-order valence-electron chi connectivity index (χ1n) is 10.8. The number of carbonyl (C=O) groups is 2. The molecule has 2 heterocycles. The van der Waals surface area contributed by atoms with Crippen LogP contribution < -0.4 is 11.1 Å². The number of nitrogens with zero attached hydrogens (tertiary/aromatic N) is 3. The number of anilines is 1. The molecular weight excluding hydrogens is 423 g/mol. The molecule has 0 bridgehead atoms.